The van der Waals surface area contributed by atoms with Crippen LogP contribution in [0.5, 0.6) is 0 Å². The lowest BCUT2D eigenvalue weighted by atomic mass is 9.98. The van der Waals surface area contributed by atoms with Gasteiger partial charge in [0.05, 0.1) is 24.2 Å². The van der Waals surface area contributed by atoms with Crippen molar-refractivity contribution in [3.63, 3.8) is 0 Å². The average molecular weight is 473 g/mol. The summed E-state index contributed by atoms with van der Waals surface area (Å²) in [6, 6.07) is 8.57. The van der Waals surface area contributed by atoms with E-state index < -0.39 is 21.9 Å². The maximum Gasteiger partial charge on any atom is 0.341 e. The molecule has 1 fully saturated rings. The van der Waals surface area contributed by atoms with Crippen molar-refractivity contribution < 1.29 is 22.7 Å². The molecule has 0 spiro atoms. The molecule has 1 atom stereocenters. The molecule has 1 aliphatic heterocycles. The first-order chi connectivity index (χ1) is 15.6. The van der Waals surface area contributed by atoms with Gasteiger partial charge in [-0.1, -0.05) is 6.07 Å². The van der Waals surface area contributed by atoms with E-state index in [1.807, 2.05) is 6.07 Å². The molecular formula is C23H28N4O5S. The van der Waals surface area contributed by atoms with Gasteiger partial charge in [-0.3, -0.25) is 4.79 Å². The standard InChI is InChI=1S/C23H28N4O5S/c1-5-32-23(29)20-15(2)26(4)16(3)21(20)33(30,31)27-11-7-9-18(14-27)22(28)25-19-10-6-8-17(12-19)13-24/h6,8,10,12,18H,5,7,9,11,14H2,1-4H3,(H,25,28)/t18-/m0/s1. The predicted octanol–water partition coefficient (Wildman–Crippen LogP) is 2.73. The third kappa shape index (κ3) is 4.79. The Hall–Kier alpha value is -3.16. The van der Waals surface area contributed by atoms with Crippen molar-refractivity contribution in [3.05, 3.63) is 46.8 Å². The number of esters is 1. The Kier molecular flexibility index (Phi) is 7.25. The highest BCUT2D eigenvalue weighted by atomic mass is 32.2. The number of hydrogen-bond acceptors (Lipinski definition) is 6. The van der Waals surface area contributed by atoms with Gasteiger partial charge in [-0.2, -0.15) is 9.57 Å². The van der Waals surface area contributed by atoms with Crippen LogP contribution in [0.3, 0.4) is 0 Å². The molecule has 3 rings (SSSR count). The van der Waals surface area contributed by atoms with Crippen LogP contribution in [0.15, 0.2) is 29.2 Å². The van der Waals surface area contributed by atoms with Gasteiger partial charge in [0, 0.05) is 37.2 Å². The molecule has 33 heavy (non-hydrogen) atoms. The summed E-state index contributed by atoms with van der Waals surface area (Å²) in [6.45, 7) is 5.38. The fourth-order valence-corrected chi connectivity index (χ4v) is 6.09. The smallest absolute Gasteiger partial charge is 0.341 e. The lowest BCUT2D eigenvalue weighted by molar-refractivity contribution is -0.120. The normalized spacial score (nSPS) is 16.8. The summed E-state index contributed by atoms with van der Waals surface area (Å²) in [7, 11) is -2.35. The maximum absolute atomic E-state index is 13.7. The predicted molar refractivity (Wildman–Crippen MR) is 122 cm³/mol. The molecule has 2 heterocycles. The summed E-state index contributed by atoms with van der Waals surface area (Å²) < 4.78 is 35.4. The summed E-state index contributed by atoms with van der Waals surface area (Å²) in [5.41, 5.74) is 1.89. The number of carbonyl (C=O) groups excluding carboxylic acids is 2. The van der Waals surface area contributed by atoms with Crippen LogP contribution in [0.2, 0.25) is 0 Å². The molecule has 2 aromatic rings. The molecule has 0 unspecified atom stereocenters. The molecule has 1 amide bonds. The molecule has 1 aromatic carbocycles. The fourth-order valence-electron chi connectivity index (χ4n) is 4.09. The number of benzene rings is 1. The number of nitrogens with one attached hydrogen (secondary N) is 1. The van der Waals surface area contributed by atoms with E-state index >= 15 is 0 Å². The maximum atomic E-state index is 13.7. The Morgan fingerprint density at radius 3 is 2.67 bits per heavy atom. The van der Waals surface area contributed by atoms with Gasteiger partial charge >= 0.3 is 5.97 Å². The number of carbonyl (C=O) groups is 2. The number of anilines is 1. The molecule has 10 heteroatoms. The minimum Gasteiger partial charge on any atom is -0.462 e. The zero-order valence-electron chi connectivity index (χ0n) is 19.2. The van der Waals surface area contributed by atoms with E-state index in [9.17, 15) is 18.0 Å². The SMILES string of the molecule is CCOC(=O)c1c(S(=O)(=O)N2CCC[C@H](C(=O)Nc3cccc(C#N)c3)C2)c(C)n(C)c1C. The van der Waals surface area contributed by atoms with Crippen LogP contribution in [0.4, 0.5) is 5.69 Å². The Labute approximate surface area is 194 Å². The lowest BCUT2D eigenvalue weighted by Crippen LogP contribution is -2.44. The lowest BCUT2D eigenvalue weighted by Gasteiger charge is -2.31. The van der Waals surface area contributed by atoms with E-state index in [1.165, 1.54) is 4.31 Å². The highest BCUT2D eigenvalue weighted by Gasteiger charge is 2.39. The van der Waals surface area contributed by atoms with E-state index in [-0.39, 0.29) is 36.1 Å². The van der Waals surface area contributed by atoms with E-state index in [4.69, 9.17) is 10.00 Å². The van der Waals surface area contributed by atoms with Crippen LogP contribution in [-0.4, -0.2) is 48.9 Å². The average Bonchev–Trinajstić information content (AvgIpc) is 3.04. The molecule has 9 nitrogen and oxygen atoms in total. The number of hydrogen-bond donors (Lipinski definition) is 1. The van der Waals surface area contributed by atoms with Gasteiger partial charge in [0.15, 0.2) is 0 Å². The third-order valence-corrected chi connectivity index (χ3v) is 8.04. The monoisotopic (exact) mass is 472 g/mol. The van der Waals surface area contributed by atoms with Crippen molar-refractivity contribution in [1.82, 2.24) is 8.87 Å². The molecule has 176 valence electrons. The van der Waals surface area contributed by atoms with Crippen molar-refractivity contribution in [2.45, 2.75) is 38.5 Å². The highest BCUT2D eigenvalue weighted by Crippen LogP contribution is 2.32. The molecular weight excluding hydrogens is 444 g/mol. The molecule has 0 aliphatic carbocycles. The number of nitrogens with zero attached hydrogens (tertiary/aromatic N) is 3. The number of ether oxygens (including phenoxy) is 1. The first-order valence-electron chi connectivity index (χ1n) is 10.8. The second kappa shape index (κ2) is 9.77. The van der Waals surface area contributed by atoms with Crippen LogP contribution in [0, 0.1) is 31.1 Å². The Bertz CT molecular complexity index is 1230. The van der Waals surface area contributed by atoms with Gasteiger partial charge in [-0.15, -0.1) is 0 Å². The second-order valence-electron chi connectivity index (χ2n) is 8.04. The van der Waals surface area contributed by atoms with E-state index in [0.29, 0.717) is 35.5 Å². The van der Waals surface area contributed by atoms with Gasteiger partial charge < -0.3 is 14.6 Å². The first kappa shape index (κ1) is 24.5. The number of amides is 1. The van der Waals surface area contributed by atoms with Crippen LogP contribution >= 0.6 is 0 Å². The molecule has 0 radical (unpaired) electrons. The van der Waals surface area contributed by atoms with Crippen LogP contribution in [-0.2, 0) is 26.6 Å². The molecule has 1 aliphatic rings. The zero-order chi connectivity index (χ0) is 24.3. The van der Waals surface area contributed by atoms with Gasteiger partial charge in [0.25, 0.3) is 0 Å². The summed E-state index contributed by atoms with van der Waals surface area (Å²) in [4.78, 5) is 25.4. The largest absolute Gasteiger partial charge is 0.462 e. The summed E-state index contributed by atoms with van der Waals surface area (Å²) in [6.07, 6.45) is 1.04. The quantitative estimate of drug-likeness (QED) is 0.645. The first-order valence-corrected chi connectivity index (χ1v) is 12.2. The molecule has 1 aromatic heterocycles. The Balaban J connectivity index is 1.88. The van der Waals surface area contributed by atoms with Crippen molar-refractivity contribution in [2.75, 3.05) is 25.0 Å². The minimum absolute atomic E-state index is 0.00174. The summed E-state index contributed by atoms with van der Waals surface area (Å²) in [5.74, 6) is -1.55. The van der Waals surface area contributed by atoms with Crippen LogP contribution < -0.4 is 5.32 Å². The van der Waals surface area contributed by atoms with Crippen molar-refractivity contribution >= 4 is 27.6 Å². The molecule has 0 bridgehead atoms. The van der Waals surface area contributed by atoms with E-state index in [2.05, 4.69) is 5.32 Å². The summed E-state index contributed by atoms with van der Waals surface area (Å²) in [5, 5.41) is 11.8. The van der Waals surface area contributed by atoms with Crippen molar-refractivity contribution in [2.24, 2.45) is 13.0 Å². The van der Waals surface area contributed by atoms with Crippen molar-refractivity contribution in [1.29, 1.82) is 5.26 Å². The zero-order valence-corrected chi connectivity index (χ0v) is 20.0. The number of nitriles is 1. The highest BCUT2D eigenvalue weighted by molar-refractivity contribution is 7.89. The number of sulfonamides is 1. The van der Waals surface area contributed by atoms with Crippen LogP contribution in [0.1, 0.15) is 47.1 Å². The Morgan fingerprint density at radius 2 is 2.00 bits per heavy atom. The van der Waals surface area contributed by atoms with Gasteiger partial charge in [-0.25, -0.2) is 13.2 Å². The fraction of sp³-hybridized carbons (Fsp3) is 0.435. The second-order valence-corrected chi connectivity index (χ2v) is 9.91. The molecule has 1 N–H and O–H groups in total. The number of rotatable bonds is 6. The van der Waals surface area contributed by atoms with E-state index in [0.717, 1.165) is 0 Å². The van der Waals surface area contributed by atoms with Crippen molar-refractivity contribution in [3.8, 4) is 6.07 Å². The summed E-state index contributed by atoms with van der Waals surface area (Å²) >= 11 is 0. The Morgan fingerprint density at radius 1 is 1.27 bits per heavy atom. The molecule has 1 saturated heterocycles. The van der Waals surface area contributed by atoms with Gasteiger partial charge in [0.1, 0.15) is 10.5 Å². The molecule has 0 saturated carbocycles. The topological polar surface area (TPSA) is 122 Å². The number of piperidine rings is 1. The van der Waals surface area contributed by atoms with E-state index in [1.54, 1.807) is 56.7 Å². The van der Waals surface area contributed by atoms with Gasteiger partial charge in [-0.05, 0) is 51.8 Å². The minimum atomic E-state index is -4.05. The third-order valence-electron chi connectivity index (χ3n) is 6.02. The van der Waals surface area contributed by atoms with Crippen LogP contribution in [0.25, 0.3) is 0 Å². The van der Waals surface area contributed by atoms with Gasteiger partial charge in [0.2, 0.25) is 15.9 Å². The number of aromatic nitrogens is 1.